The van der Waals surface area contributed by atoms with Crippen LogP contribution in [0.15, 0.2) is 237 Å². The number of fused-ring (bicyclic) bond motifs is 7. The lowest BCUT2D eigenvalue weighted by atomic mass is 9.98. The van der Waals surface area contributed by atoms with Crippen molar-refractivity contribution in [2.75, 3.05) is 0 Å². The topological polar surface area (TPSA) is 48.5 Å². The van der Waals surface area contributed by atoms with E-state index in [9.17, 15) is 0 Å². The number of nitrogens with zero attached hydrogens (tertiary/aromatic N) is 5. The molecular weight excluding hydrogens is 803 g/mol. The first-order valence-corrected chi connectivity index (χ1v) is 22.3. The van der Waals surface area contributed by atoms with Gasteiger partial charge >= 0.3 is 0 Å². The fourth-order valence-electron chi connectivity index (χ4n) is 9.82. The van der Waals surface area contributed by atoms with Crippen molar-refractivity contribution in [1.82, 2.24) is 24.1 Å². The average Bonchev–Trinajstić information content (AvgIpc) is 3.91. The highest BCUT2D eigenvalue weighted by atomic mass is 15.0. The van der Waals surface area contributed by atoms with Crippen molar-refractivity contribution in [2.24, 2.45) is 0 Å². The van der Waals surface area contributed by atoms with Crippen molar-refractivity contribution in [3.8, 4) is 67.8 Å². The third-order valence-corrected chi connectivity index (χ3v) is 13.0. The molecule has 0 saturated heterocycles. The molecule has 0 aliphatic heterocycles. The smallest absolute Gasteiger partial charge is 0.164 e. The Kier molecular flexibility index (Phi) is 8.78. The lowest BCUT2D eigenvalue weighted by Crippen LogP contribution is -2.00. The van der Waals surface area contributed by atoms with Gasteiger partial charge in [-0.25, -0.2) is 15.0 Å². The molecule has 0 N–H and O–H groups in total. The highest BCUT2D eigenvalue weighted by molar-refractivity contribution is 6.12. The van der Waals surface area contributed by atoms with E-state index in [2.05, 4.69) is 185 Å². The van der Waals surface area contributed by atoms with Crippen LogP contribution in [0, 0.1) is 0 Å². The summed E-state index contributed by atoms with van der Waals surface area (Å²) in [7, 11) is 0. The van der Waals surface area contributed by atoms with Crippen molar-refractivity contribution in [3.63, 3.8) is 0 Å². The highest BCUT2D eigenvalue weighted by Crippen LogP contribution is 2.39. The van der Waals surface area contributed by atoms with E-state index >= 15 is 0 Å². The van der Waals surface area contributed by atoms with Crippen LogP contribution in [0.1, 0.15) is 0 Å². The minimum Gasteiger partial charge on any atom is -0.309 e. The van der Waals surface area contributed by atoms with E-state index < -0.39 is 0 Å². The van der Waals surface area contributed by atoms with Gasteiger partial charge in [0.05, 0.1) is 22.1 Å². The van der Waals surface area contributed by atoms with Gasteiger partial charge in [-0.05, 0) is 93.7 Å². The molecule has 308 valence electrons. The zero-order chi connectivity index (χ0) is 43.6. The molecule has 0 radical (unpaired) electrons. The molecule has 5 heteroatoms. The van der Waals surface area contributed by atoms with Crippen LogP contribution in [0.25, 0.3) is 122 Å². The summed E-state index contributed by atoms with van der Waals surface area (Å²) in [5.41, 5.74) is 14.4. The predicted molar refractivity (Wildman–Crippen MR) is 273 cm³/mol. The Labute approximate surface area is 381 Å². The van der Waals surface area contributed by atoms with Crippen LogP contribution in [0.5, 0.6) is 0 Å². The molecule has 0 saturated carbocycles. The van der Waals surface area contributed by atoms with E-state index in [1.54, 1.807) is 0 Å². The van der Waals surface area contributed by atoms with E-state index in [0.717, 1.165) is 50.2 Å². The van der Waals surface area contributed by atoms with E-state index in [4.69, 9.17) is 15.0 Å². The van der Waals surface area contributed by atoms with Crippen molar-refractivity contribution >= 4 is 54.4 Å². The minimum absolute atomic E-state index is 0.632. The molecule has 10 aromatic carbocycles. The fraction of sp³-hybridized carbons (Fsp3) is 0. The number of rotatable bonds is 7. The minimum atomic E-state index is 0.632. The van der Waals surface area contributed by atoms with Crippen molar-refractivity contribution in [3.05, 3.63) is 237 Å². The number of hydrogen-bond donors (Lipinski definition) is 0. The third kappa shape index (κ3) is 6.28. The van der Waals surface area contributed by atoms with Crippen LogP contribution in [-0.2, 0) is 0 Å². The normalized spacial score (nSPS) is 11.6. The van der Waals surface area contributed by atoms with Gasteiger partial charge in [0.2, 0.25) is 0 Å². The summed E-state index contributed by atoms with van der Waals surface area (Å²) in [6.07, 6.45) is 0. The molecule has 0 aliphatic carbocycles. The number of benzene rings is 10. The molecule has 0 atom stereocenters. The van der Waals surface area contributed by atoms with Crippen molar-refractivity contribution < 1.29 is 0 Å². The molecule has 0 unspecified atom stereocenters. The first kappa shape index (κ1) is 37.6. The fourth-order valence-corrected chi connectivity index (χ4v) is 9.82. The second-order valence-electron chi connectivity index (χ2n) is 16.8. The van der Waals surface area contributed by atoms with Gasteiger partial charge < -0.3 is 9.13 Å². The Balaban J connectivity index is 0.912. The molecule has 0 amide bonds. The van der Waals surface area contributed by atoms with E-state index in [1.807, 2.05) is 60.7 Å². The zero-order valence-electron chi connectivity index (χ0n) is 35.8. The Morgan fingerprint density at radius 2 is 0.621 bits per heavy atom. The molecule has 13 rings (SSSR count). The van der Waals surface area contributed by atoms with Gasteiger partial charge in [-0.3, -0.25) is 0 Å². The van der Waals surface area contributed by atoms with Gasteiger partial charge in [0, 0.05) is 49.6 Å². The van der Waals surface area contributed by atoms with Crippen LogP contribution in [0.4, 0.5) is 0 Å². The first-order valence-electron chi connectivity index (χ1n) is 22.3. The molecule has 66 heavy (non-hydrogen) atoms. The Morgan fingerprint density at radius 3 is 1.14 bits per heavy atom. The van der Waals surface area contributed by atoms with Gasteiger partial charge in [0.1, 0.15) is 0 Å². The lowest BCUT2D eigenvalue weighted by molar-refractivity contribution is 1.07. The van der Waals surface area contributed by atoms with Gasteiger partial charge in [0.25, 0.3) is 0 Å². The molecule has 0 spiro atoms. The monoisotopic (exact) mass is 841 g/mol. The SMILES string of the molecule is c1ccc(-c2nc(-c3ccccc3)nc(-c3ccc(-n4c5ccccc5c5ccc(-c6ccc7c8ccccc8n(-c8ccc(-c9cccc%10ccccc9%10)cc8)c7c6)cc54)cc3)n2)cc1. The summed E-state index contributed by atoms with van der Waals surface area (Å²) in [4.78, 5) is 14.9. The van der Waals surface area contributed by atoms with Gasteiger partial charge in [-0.2, -0.15) is 0 Å². The van der Waals surface area contributed by atoms with Gasteiger partial charge in [-0.15, -0.1) is 0 Å². The molecule has 3 aromatic heterocycles. The van der Waals surface area contributed by atoms with Crippen LogP contribution in [-0.4, -0.2) is 24.1 Å². The lowest BCUT2D eigenvalue weighted by Gasteiger charge is -2.12. The second-order valence-corrected chi connectivity index (χ2v) is 16.8. The number of aromatic nitrogens is 5. The maximum atomic E-state index is 4.99. The quantitative estimate of drug-likeness (QED) is 0.161. The third-order valence-electron chi connectivity index (χ3n) is 13.0. The van der Waals surface area contributed by atoms with Gasteiger partial charge in [-0.1, -0.05) is 176 Å². The van der Waals surface area contributed by atoms with E-state index in [-0.39, 0.29) is 0 Å². The summed E-state index contributed by atoms with van der Waals surface area (Å²) >= 11 is 0. The molecule has 5 nitrogen and oxygen atoms in total. The van der Waals surface area contributed by atoms with Crippen LogP contribution in [0.3, 0.4) is 0 Å². The van der Waals surface area contributed by atoms with Crippen LogP contribution < -0.4 is 0 Å². The predicted octanol–water partition coefficient (Wildman–Crippen LogP) is 15.6. The summed E-state index contributed by atoms with van der Waals surface area (Å²) in [5, 5.41) is 7.39. The average molecular weight is 842 g/mol. The Bertz CT molecular complexity index is 3900. The van der Waals surface area contributed by atoms with Crippen molar-refractivity contribution in [2.45, 2.75) is 0 Å². The van der Waals surface area contributed by atoms with Crippen LogP contribution >= 0.6 is 0 Å². The number of para-hydroxylation sites is 2. The van der Waals surface area contributed by atoms with Crippen LogP contribution in [0.2, 0.25) is 0 Å². The standard InChI is InChI=1S/C61H39N5/c1-3-15-42(16-4-1)59-62-60(43-17-5-2-6-18-43)64-61(63-59)44-28-34-48(35-29-44)66-56-25-12-10-22-52(56)54-37-31-46(39-58(54)66)45-30-36-53-51-21-9-11-24-55(51)65(57(53)38-45)47-32-26-41(27-33-47)50-23-13-19-40-14-7-8-20-49(40)50/h1-39H. The number of hydrogen-bond acceptors (Lipinski definition) is 3. The summed E-state index contributed by atoms with van der Waals surface area (Å²) in [6, 6.07) is 84.3. The maximum Gasteiger partial charge on any atom is 0.164 e. The molecule has 3 heterocycles. The first-order chi connectivity index (χ1) is 32.7. The molecule has 0 aliphatic rings. The molecule has 0 bridgehead atoms. The highest BCUT2D eigenvalue weighted by Gasteiger charge is 2.18. The molecule has 13 aromatic rings. The van der Waals surface area contributed by atoms with Crippen molar-refractivity contribution in [1.29, 1.82) is 0 Å². The second kappa shape index (κ2) is 15.4. The summed E-state index contributed by atoms with van der Waals surface area (Å²) < 4.78 is 4.79. The van der Waals surface area contributed by atoms with E-state index in [0.29, 0.717) is 17.5 Å². The Morgan fingerprint density at radius 1 is 0.242 bits per heavy atom. The van der Waals surface area contributed by atoms with E-state index in [1.165, 1.54) is 54.5 Å². The summed E-state index contributed by atoms with van der Waals surface area (Å²) in [5.74, 6) is 1.92. The zero-order valence-corrected chi connectivity index (χ0v) is 35.8. The van der Waals surface area contributed by atoms with Gasteiger partial charge in [0.15, 0.2) is 17.5 Å². The summed E-state index contributed by atoms with van der Waals surface area (Å²) in [6.45, 7) is 0. The molecule has 0 fully saturated rings. The molecular formula is C61H39N5. The Hall–Kier alpha value is -8.93. The largest absolute Gasteiger partial charge is 0.309 e. The maximum absolute atomic E-state index is 4.99.